The van der Waals surface area contributed by atoms with Crippen molar-refractivity contribution < 1.29 is 9.90 Å². The third kappa shape index (κ3) is 5.91. The molecule has 3 atom stereocenters. The second-order valence-corrected chi connectivity index (χ2v) is 12.4. The Bertz CT molecular complexity index is 1680. The Labute approximate surface area is 260 Å². The Hall–Kier alpha value is -3.73. The van der Waals surface area contributed by atoms with Crippen molar-refractivity contribution in [2.24, 2.45) is 18.9 Å². The van der Waals surface area contributed by atoms with E-state index in [1.54, 1.807) is 40.1 Å². The lowest BCUT2D eigenvalue weighted by atomic mass is 9.87. The second-order valence-electron chi connectivity index (χ2n) is 11.5. The summed E-state index contributed by atoms with van der Waals surface area (Å²) < 4.78 is 3.39. The van der Waals surface area contributed by atoms with E-state index in [4.69, 9.17) is 28.2 Å². The third-order valence-corrected chi connectivity index (χ3v) is 8.92. The number of anilines is 1. The number of nitrogens with one attached hydrogen (secondary N) is 1. The summed E-state index contributed by atoms with van der Waals surface area (Å²) in [6, 6.07) is 9.22. The van der Waals surface area contributed by atoms with Gasteiger partial charge in [0.25, 0.3) is 0 Å². The average Bonchev–Trinajstić information content (AvgIpc) is 3.57. The zero-order valence-corrected chi connectivity index (χ0v) is 25.8. The van der Waals surface area contributed by atoms with E-state index in [2.05, 4.69) is 34.6 Å². The van der Waals surface area contributed by atoms with Crippen LogP contribution in [0, 0.1) is 11.8 Å². The number of nitrogens with zero attached hydrogens (tertiary/aromatic N) is 7. The molecular formula is C31H34Cl2N8O2. The maximum atomic E-state index is 13.9. The predicted octanol–water partition coefficient (Wildman–Crippen LogP) is 5.91. The first-order valence-electron chi connectivity index (χ1n) is 14.5. The quantitative estimate of drug-likeness (QED) is 0.291. The summed E-state index contributed by atoms with van der Waals surface area (Å²) in [4.78, 5) is 20.6. The van der Waals surface area contributed by atoms with E-state index in [1.807, 2.05) is 36.2 Å². The fraction of sp³-hybridized carbons (Fsp3) is 0.387. The number of aryl methyl sites for hydroxylation is 1. The Morgan fingerprint density at radius 2 is 1.98 bits per heavy atom. The number of aliphatic hydroxyl groups excluding tert-OH is 1. The zero-order chi connectivity index (χ0) is 30.2. The topological polar surface area (TPSA) is 114 Å². The van der Waals surface area contributed by atoms with Crippen molar-refractivity contribution in [1.29, 1.82) is 0 Å². The van der Waals surface area contributed by atoms with E-state index < -0.39 is 6.23 Å². The normalized spacial score (nSPS) is 21.1. The van der Waals surface area contributed by atoms with Crippen LogP contribution in [0.25, 0.3) is 22.5 Å². The van der Waals surface area contributed by atoms with Gasteiger partial charge < -0.3 is 15.3 Å². The largest absolute Gasteiger partial charge is 0.374 e. The van der Waals surface area contributed by atoms with Crippen LogP contribution in [0.5, 0.6) is 0 Å². The molecule has 0 saturated carbocycles. The van der Waals surface area contributed by atoms with E-state index in [9.17, 15) is 9.90 Å². The number of aromatic nitrogens is 6. The number of amides is 1. The molecule has 0 radical (unpaired) electrons. The highest BCUT2D eigenvalue weighted by atomic mass is 35.5. The highest BCUT2D eigenvalue weighted by molar-refractivity contribution is 6.31. The van der Waals surface area contributed by atoms with Gasteiger partial charge in [-0.25, -0.2) is 4.68 Å². The van der Waals surface area contributed by atoms with Crippen LogP contribution in [0.2, 0.25) is 10.2 Å². The van der Waals surface area contributed by atoms with Gasteiger partial charge in [0.15, 0.2) is 5.15 Å². The van der Waals surface area contributed by atoms with Crippen molar-refractivity contribution in [1.82, 2.24) is 34.7 Å². The number of hydrogen-bond acceptors (Lipinski definition) is 7. The molecule has 0 aliphatic carbocycles. The highest BCUT2D eigenvalue weighted by Crippen LogP contribution is 2.38. The highest BCUT2D eigenvalue weighted by Gasteiger charge is 2.32. The number of hydrogen-bond donors (Lipinski definition) is 2. The Morgan fingerprint density at radius 3 is 2.72 bits per heavy atom. The lowest BCUT2D eigenvalue weighted by molar-refractivity contribution is -0.129. The van der Waals surface area contributed by atoms with Crippen molar-refractivity contribution in [3.63, 3.8) is 0 Å². The van der Waals surface area contributed by atoms with Crippen LogP contribution in [0.3, 0.4) is 0 Å². The fourth-order valence-electron chi connectivity index (χ4n) is 6.30. The molecule has 3 unspecified atom stereocenters. The van der Waals surface area contributed by atoms with Crippen LogP contribution in [-0.2, 0) is 11.8 Å². The fourth-order valence-corrected chi connectivity index (χ4v) is 6.60. The van der Waals surface area contributed by atoms with Crippen LogP contribution in [0.4, 0.5) is 5.69 Å². The van der Waals surface area contributed by atoms with Gasteiger partial charge in [-0.2, -0.15) is 5.10 Å². The van der Waals surface area contributed by atoms with E-state index in [-0.39, 0.29) is 28.9 Å². The lowest BCUT2D eigenvalue weighted by Crippen LogP contribution is -2.38. The molecule has 4 aromatic rings. The van der Waals surface area contributed by atoms with Crippen molar-refractivity contribution in [3.05, 3.63) is 76.4 Å². The second kappa shape index (κ2) is 12.1. The maximum Gasteiger partial charge on any atom is 0.247 e. The van der Waals surface area contributed by atoms with Gasteiger partial charge in [0, 0.05) is 47.9 Å². The summed E-state index contributed by atoms with van der Waals surface area (Å²) in [5, 5.41) is 27.9. The number of fused-ring (bicyclic) bond motifs is 4. The first-order valence-corrected chi connectivity index (χ1v) is 15.3. The third-order valence-electron chi connectivity index (χ3n) is 8.51. The number of rotatable bonds is 4. The van der Waals surface area contributed by atoms with E-state index in [1.165, 1.54) is 0 Å². The van der Waals surface area contributed by atoms with Crippen LogP contribution >= 0.6 is 23.2 Å². The minimum absolute atomic E-state index is 0.0227. The molecule has 1 amide bonds. The summed E-state index contributed by atoms with van der Waals surface area (Å²) in [6.45, 7) is 4.77. The van der Waals surface area contributed by atoms with Crippen molar-refractivity contribution in [2.45, 2.75) is 51.8 Å². The van der Waals surface area contributed by atoms with Gasteiger partial charge >= 0.3 is 0 Å². The summed E-state index contributed by atoms with van der Waals surface area (Å²) in [5.41, 5.74) is 5.80. The van der Waals surface area contributed by atoms with Crippen LogP contribution in [-0.4, -0.2) is 58.4 Å². The number of carbonyl (C=O) groups is 1. The number of aliphatic hydroxyl groups is 1. The molecule has 3 aromatic heterocycles. The summed E-state index contributed by atoms with van der Waals surface area (Å²) >= 11 is 12.4. The molecule has 43 heavy (non-hydrogen) atoms. The minimum Gasteiger partial charge on any atom is -0.374 e. The molecule has 0 spiro atoms. The number of carbonyl (C=O) groups excluding carboxylic acids is 1. The zero-order valence-electron chi connectivity index (χ0n) is 24.3. The molecule has 0 fully saturated rings. The Kier molecular flexibility index (Phi) is 8.26. The molecule has 12 heteroatoms. The van der Waals surface area contributed by atoms with E-state index >= 15 is 0 Å². The molecule has 5 heterocycles. The summed E-state index contributed by atoms with van der Waals surface area (Å²) in [5.74, 6) is 0.194. The van der Waals surface area contributed by atoms with E-state index in [0.29, 0.717) is 18.0 Å². The maximum absolute atomic E-state index is 13.9. The lowest BCUT2D eigenvalue weighted by Gasteiger charge is -2.35. The Balaban J connectivity index is 1.37. The van der Waals surface area contributed by atoms with Crippen LogP contribution in [0.1, 0.15) is 56.8 Å². The van der Waals surface area contributed by atoms with Gasteiger partial charge in [0.1, 0.15) is 6.23 Å². The molecule has 2 N–H and O–H groups in total. The van der Waals surface area contributed by atoms with Gasteiger partial charge in [0.05, 0.1) is 41.2 Å². The van der Waals surface area contributed by atoms with Gasteiger partial charge in [-0.15, -0.1) is 5.10 Å². The van der Waals surface area contributed by atoms with Crippen LogP contribution < -0.4 is 5.32 Å². The summed E-state index contributed by atoms with van der Waals surface area (Å²) in [7, 11) is 1.88. The molecule has 2 aliphatic heterocycles. The molecule has 6 rings (SSSR count). The standard InChI is InChI=1S/C31H34Cl2N8O2/c1-18(2)22-5-4-6-27(24-13-20(9-11-34-24)30-25(36-31(22)43)16-35-39(30)3)40-12-10-19(14-29(40)42)23-15-21(32)7-8-26(23)41-17-28(33)37-38-41/h7-9,11,13-18,22,27,31,36,43H,4-6,10,12H2,1-3H3. The minimum atomic E-state index is -0.726. The Morgan fingerprint density at radius 1 is 1.14 bits per heavy atom. The van der Waals surface area contributed by atoms with Crippen molar-refractivity contribution in [2.75, 3.05) is 11.9 Å². The summed E-state index contributed by atoms with van der Waals surface area (Å²) in [6.07, 6.45) is 9.09. The van der Waals surface area contributed by atoms with Gasteiger partial charge in [-0.3, -0.25) is 14.5 Å². The van der Waals surface area contributed by atoms with Crippen LogP contribution in [0.15, 0.2) is 55.0 Å². The van der Waals surface area contributed by atoms with Gasteiger partial charge in [0.2, 0.25) is 5.91 Å². The SMILES string of the molecule is CC(C)C1CCCC(N2CCC(c3cc(Cl)ccc3-n3cc(Cl)nn3)=CC2=O)c2cc(ccn2)-c2c(cnn2C)NC1O. The molecular weight excluding hydrogens is 587 g/mol. The molecule has 1 aromatic carbocycles. The number of halogens is 2. The number of benzene rings is 1. The van der Waals surface area contributed by atoms with Crippen molar-refractivity contribution >= 4 is 40.4 Å². The molecule has 2 bridgehead atoms. The first-order chi connectivity index (χ1) is 20.7. The first kappa shape index (κ1) is 29.3. The van der Waals surface area contributed by atoms with Crippen molar-refractivity contribution in [3.8, 4) is 16.9 Å². The molecule has 2 aliphatic rings. The smallest absolute Gasteiger partial charge is 0.247 e. The molecule has 0 saturated heterocycles. The molecule has 224 valence electrons. The van der Waals surface area contributed by atoms with Gasteiger partial charge in [-0.05, 0) is 61.1 Å². The monoisotopic (exact) mass is 620 g/mol. The predicted molar refractivity (Wildman–Crippen MR) is 167 cm³/mol. The average molecular weight is 622 g/mol. The van der Waals surface area contributed by atoms with Gasteiger partial charge in [-0.1, -0.05) is 48.7 Å². The van der Waals surface area contributed by atoms with E-state index in [0.717, 1.165) is 58.7 Å². The number of pyridine rings is 1. The molecule has 10 nitrogen and oxygen atoms in total.